The molecule has 0 amide bonds. The molecular weight excluding hydrogens is 240 g/mol. The predicted molar refractivity (Wildman–Crippen MR) is 65.7 cm³/mol. The van der Waals surface area contributed by atoms with Crippen molar-refractivity contribution in [2.24, 2.45) is 0 Å². The summed E-state index contributed by atoms with van der Waals surface area (Å²) in [6, 6.07) is 0.205. The van der Waals surface area contributed by atoms with Gasteiger partial charge in [0, 0.05) is 18.6 Å². The van der Waals surface area contributed by atoms with Crippen LogP contribution < -0.4 is 4.72 Å². The third-order valence-corrected chi connectivity index (χ3v) is 5.23. The van der Waals surface area contributed by atoms with Gasteiger partial charge < -0.3 is 5.11 Å². The molecule has 0 heterocycles. The fourth-order valence-corrected chi connectivity index (χ4v) is 4.16. The first-order chi connectivity index (χ1) is 8.13. The molecule has 0 atom stereocenters. The standard InChI is InChI=1S/C11H22N2O3S/c14-9-8-13(11-4-2-1-3-5-11)17(15,16)12-10-6-7-10/h10-12,14H,1-9H2. The Balaban J connectivity index is 2.03. The smallest absolute Gasteiger partial charge is 0.280 e. The zero-order chi connectivity index (χ0) is 12.3. The van der Waals surface area contributed by atoms with Crippen LogP contribution in [0.2, 0.25) is 0 Å². The average Bonchev–Trinajstić information content (AvgIpc) is 3.10. The van der Waals surface area contributed by atoms with Crippen LogP contribution in [0, 0.1) is 0 Å². The van der Waals surface area contributed by atoms with Crippen LogP contribution in [0.15, 0.2) is 0 Å². The number of hydrogen-bond acceptors (Lipinski definition) is 3. The first-order valence-electron chi connectivity index (χ1n) is 6.53. The molecule has 100 valence electrons. The Labute approximate surface area is 103 Å². The molecule has 2 aliphatic carbocycles. The zero-order valence-corrected chi connectivity index (χ0v) is 11.0. The number of nitrogens with one attached hydrogen (secondary N) is 1. The Morgan fingerprint density at radius 3 is 2.29 bits per heavy atom. The third kappa shape index (κ3) is 3.64. The van der Waals surface area contributed by atoms with Crippen molar-refractivity contribution in [3.63, 3.8) is 0 Å². The van der Waals surface area contributed by atoms with Gasteiger partial charge in [0.25, 0.3) is 10.2 Å². The van der Waals surface area contributed by atoms with E-state index in [2.05, 4.69) is 4.72 Å². The summed E-state index contributed by atoms with van der Waals surface area (Å²) >= 11 is 0. The quantitative estimate of drug-likeness (QED) is 0.737. The van der Waals surface area contributed by atoms with Gasteiger partial charge >= 0.3 is 0 Å². The highest BCUT2D eigenvalue weighted by Gasteiger charge is 2.34. The van der Waals surface area contributed by atoms with Crippen LogP contribution in [0.3, 0.4) is 0 Å². The van der Waals surface area contributed by atoms with Gasteiger partial charge in [-0.2, -0.15) is 17.4 Å². The largest absolute Gasteiger partial charge is 0.395 e. The van der Waals surface area contributed by atoms with Crippen molar-refractivity contribution in [2.45, 2.75) is 57.0 Å². The van der Waals surface area contributed by atoms with Crippen LogP contribution in [0.4, 0.5) is 0 Å². The summed E-state index contributed by atoms with van der Waals surface area (Å²) in [5.74, 6) is 0. The zero-order valence-electron chi connectivity index (χ0n) is 10.1. The number of aliphatic hydroxyl groups is 1. The second-order valence-electron chi connectivity index (χ2n) is 5.02. The van der Waals surface area contributed by atoms with E-state index in [0.29, 0.717) is 0 Å². The first kappa shape index (κ1) is 13.3. The molecule has 0 aliphatic heterocycles. The molecule has 0 aromatic heterocycles. The number of hydrogen-bond donors (Lipinski definition) is 2. The SMILES string of the molecule is O=S(=O)(NC1CC1)N(CCO)C1CCCCC1. The molecule has 0 unspecified atom stereocenters. The summed E-state index contributed by atoms with van der Waals surface area (Å²) in [4.78, 5) is 0. The minimum atomic E-state index is -3.40. The number of aliphatic hydroxyl groups excluding tert-OH is 1. The van der Waals surface area contributed by atoms with Crippen molar-refractivity contribution in [1.29, 1.82) is 0 Å². The van der Waals surface area contributed by atoms with E-state index in [9.17, 15) is 8.42 Å². The lowest BCUT2D eigenvalue weighted by Gasteiger charge is -2.32. The highest BCUT2D eigenvalue weighted by molar-refractivity contribution is 7.87. The average molecular weight is 262 g/mol. The highest BCUT2D eigenvalue weighted by Crippen LogP contribution is 2.26. The van der Waals surface area contributed by atoms with Crippen molar-refractivity contribution in [1.82, 2.24) is 9.03 Å². The van der Waals surface area contributed by atoms with Gasteiger partial charge in [-0.25, -0.2) is 0 Å². The Kier molecular flexibility index (Phi) is 4.41. The molecule has 2 saturated carbocycles. The van der Waals surface area contributed by atoms with E-state index in [1.807, 2.05) is 0 Å². The van der Waals surface area contributed by atoms with E-state index < -0.39 is 10.2 Å². The van der Waals surface area contributed by atoms with Gasteiger partial charge in [-0.05, 0) is 25.7 Å². The summed E-state index contributed by atoms with van der Waals surface area (Å²) in [7, 11) is -3.40. The second-order valence-corrected chi connectivity index (χ2v) is 6.68. The lowest BCUT2D eigenvalue weighted by atomic mass is 9.95. The van der Waals surface area contributed by atoms with Crippen LogP contribution in [0.1, 0.15) is 44.9 Å². The molecular formula is C11H22N2O3S. The van der Waals surface area contributed by atoms with Crippen molar-refractivity contribution < 1.29 is 13.5 Å². The maximum Gasteiger partial charge on any atom is 0.280 e. The van der Waals surface area contributed by atoms with Crippen molar-refractivity contribution >= 4 is 10.2 Å². The molecule has 17 heavy (non-hydrogen) atoms. The minimum absolute atomic E-state index is 0.0761. The van der Waals surface area contributed by atoms with Crippen molar-refractivity contribution in [3.8, 4) is 0 Å². The van der Waals surface area contributed by atoms with Gasteiger partial charge in [0.15, 0.2) is 0 Å². The fourth-order valence-electron chi connectivity index (χ4n) is 2.45. The summed E-state index contributed by atoms with van der Waals surface area (Å²) in [5.41, 5.74) is 0. The fraction of sp³-hybridized carbons (Fsp3) is 1.00. The monoisotopic (exact) mass is 262 g/mol. The molecule has 0 aromatic rings. The van der Waals surface area contributed by atoms with Gasteiger partial charge in [-0.15, -0.1) is 0 Å². The Morgan fingerprint density at radius 1 is 1.12 bits per heavy atom. The third-order valence-electron chi connectivity index (χ3n) is 3.50. The maximum atomic E-state index is 12.2. The van der Waals surface area contributed by atoms with E-state index in [1.54, 1.807) is 0 Å². The first-order valence-corrected chi connectivity index (χ1v) is 7.97. The lowest BCUT2D eigenvalue weighted by Crippen LogP contribution is -2.49. The van der Waals surface area contributed by atoms with Crippen LogP contribution in [-0.4, -0.2) is 43.1 Å². The molecule has 0 spiro atoms. The van der Waals surface area contributed by atoms with Gasteiger partial charge in [-0.1, -0.05) is 19.3 Å². The van der Waals surface area contributed by atoms with Gasteiger partial charge in [-0.3, -0.25) is 0 Å². The molecule has 6 heteroatoms. The molecule has 2 N–H and O–H groups in total. The van der Waals surface area contributed by atoms with E-state index in [1.165, 1.54) is 10.7 Å². The molecule has 0 bridgehead atoms. The number of nitrogens with zero attached hydrogens (tertiary/aromatic N) is 1. The summed E-state index contributed by atoms with van der Waals surface area (Å²) in [6.45, 7) is 0.106. The van der Waals surface area contributed by atoms with E-state index in [4.69, 9.17) is 5.11 Å². The Hall–Kier alpha value is -0.170. The second kappa shape index (κ2) is 5.65. The Bertz CT molecular complexity index is 335. The van der Waals surface area contributed by atoms with Gasteiger partial charge in [0.2, 0.25) is 0 Å². The maximum absolute atomic E-state index is 12.2. The normalized spacial score (nSPS) is 23.2. The van der Waals surface area contributed by atoms with Crippen LogP contribution in [0.5, 0.6) is 0 Å². The highest BCUT2D eigenvalue weighted by atomic mass is 32.2. The van der Waals surface area contributed by atoms with Crippen molar-refractivity contribution in [2.75, 3.05) is 13.2 Å². The minimum Gasteiger partial charge on any atom is -0.395 e. The molecule has 0 saturated heterocycles. The predicted octanol–water partition coefficient (Wildman–Crippen LogP) is 0.610. The molecule has 2 fully saturated rings. The van der Waals surface area contributed by atoms with Gasteiger partial charge in [0.1, 0.15) is 0 Å². The Morgan fingerprint density at radius 2 is 1.76 bits per heavy atom. The summed E-state index contributed by atoms with van der Waals surface area (Å²) in [5, 5.41) is 9.05. The molecule has 0 radical (unpaired) electrons. The molecule has 2 aliphatic rings. The summed E-state index contributed by atoms with van der Waals surface area (Å²) < 4.78 is 28.5. The number of rotatable bonds is 6. The van der Waals surface area contributed by atoms with Crippen molar-refractivity contribution in [3.05, 3.63) is 0 Å². The van der Waals surface area contributed by atoms with Crippen LogP contribution in [-0.2, 0) is 10.2 Å². The lowest BCUT2D eigenvalue weighted by molar-refractivity contribution is 0.197. The van der Waals surface area contributed by atoms with Crippen LogP contribution >= 0.6 is 0 Å². The van der Waals surface area contributed by atoms with E-state index in [0.717, 1.165) is 38.5 Å². The van der Waals surface area contributed by atoms with Gasteiger partial charge in [0.05, 0.1) is 6.61 Å². The molecule has 2 rings (SSSR count). The topological polar surface area (TPSA) is 69.6 Å². The van der Waals surface area contributed by atoms with E-state index >= 15 is 0 Å². The molecule has 0 aromatic carbocycles. The van der Waals surface area contributed by atoms with E-state index in [-0.39, 0.29) is 25.2 Å². The molecule has 5 nitrogen and oxygen atoms in total. The van der Waals surface area contributed by atoms with Crippen LogP contribution in [0.25, 0.3) is 0 Å². The summed E-state index contributed by atoms with van der Waals surface area (Å²) in [6.07, 6.45) is 7.10.